The Morgan fingerprint density at radius 3 is 2.78 bits per heavy atom. The van der Waals surface area contributed by atoms with Crippen molar-refractivity contribution in [1.82, 2.24) is 10.3 Å². The Hall–Kier alpha value is -1.39. The average molecular weight is 330 g/mol. The van der Waals surface area contributed by atoms with Gasteiger partial charge in [0.05, 0.1) is 0 Å². The minimum atomic E-state index is 0.0535. The number of nitrogens with one attached hydrogen (secondary N) is 2. The molecule has 2 aromatic heterocycles. The predicted molar refractivity (Wildman–Crippen MR) is 98.2 cm³/mol. The maximum Gasteiger partial charge on any atom is 0.251 e. The first kappa shape index (κ1) is 16.5. The molecule has 1 aliphatic rings. The molecule has 0 saturated heterocycles. The molecule has 0 unspecified atom stereocenters. The highest BCUT2D eigenvalue weighted by Crippen LogP contribution is 2.30. The van der Waals surface area contributed by atoms with Crippen LogP contribution in [0.15, 0.2) is 23.0 Å². The van der Waals surface area contributed by atoms with Crippen molar-refractivity contribution in [3.8, 4) is 10.4 Å². The second kappa shape index (κ2) is 7.45. The van der Waals surface area contributed by atoms with E-state index >= 15 is 0 Å². The molecule has 1 saturated carbocycles. The summed E-state index contributed by atoms with van der Waals surface area (Å²) in [6, 6.07) is 7.15. The summed E-state index contributed by atoms with van der Waals surface area (Å²) in [7, 11) is 0. The summed E-state index contributed by atoms with van der Waals surface area (Å²) in [6.07, 6.45) is 7.50. The van der Waals surface area contributed by atoms with Crippen LogP contribution in [-0.2, 0) is 13.0 Å². The lowest BCUT2D eigenvalue weighted by Gasteiger charge is -2.22. The molecule has 2 N–H and O–H groups in total. The zero-order chi connectivity index (χ0) is 16.2. The zero-order valence-corrected chi connectivity index (χ0v) is 14.9. The normalized spacial score (nSPS) is 15.9. The number of hydrogen-bond acceptors (Lipinski definition) is 3. The van der Waals surface area contributed by atoms with Gasteiger partial charge >= 0.3 is 0 Å². The fraction of sp³-hybridized carbons (Fsp3) is 0.526. The Morgan fingerprint density at radius 2 is 2.04 bits per heavy atom. The lowest BCUT2D eigenvalue weighted by molar-refractivity contribution is 0.373. The van der Waals surface area contributed by atoms with Gasteiger partial charge in [0, 0.05) is 39.2 Å². The van der Waals surface area contributed by atoms with Gasteiger partial charge in [-0.15, -0.1) is 11.3 Å². The van der Waals surface area contributed by atoms with Gasteiger partial charge in [-0.25, -0.2) is 0 Å². The van der Waals surface area contributed by atoms with E-state index in [0.29, 0.717) is 6.04 Å². The quantitative estimate of drug-likeness (QED) is 0.853. The molecule has 3 nitrogen and oxygen atoms in total. The minimum absolute atomic E-state index is 0.0535. The molecule has 2 aromatic rings. The fourth-order valence-electron chi connectivity index (χ4n) is 3.46. The molecule has 23 heavy (non-hydrogen) atoms. The van der Waals surface area contributed by atoms with Crippen molar-refractivity contribution in [3.63, 3.8) is 0 Å². The second-order valence-electron chi connectivity index (χ2n) is 6.51. The number of aromatic amines is 1. The molecule has 0 amide bonds. The second-order valence-corrected chi connectivity index (χ2v) is 7.68. The largest absolute Gasteiger partial charge is 0.326 e. The van der Waals surface area contributed by atoms with E-state index in [0.717, 1.165) is 29.8 Å². The van der Waals surface area contributed by atoms with Gasteiger partial charge in [0.25, 0.3) is 5.56 Å². The van der Waals surface area contributed by atoms with E-state index in [-0.39, 0.29) is 5.56 Å². The number of rotatable bonds is 5. The standard InChI is InChI=1S/C19H26N2OS/c1-3-16-17(11-13(2)21-19(16)22)18-10-9-15(23-18)12-20-14-7-5-4-6-8-14/h9-11,14,20H,3-8,12H2,1-2H3,(H,21,22). The first-order valence-corrected chi connectivity index (χ1v) is 9.54. The Kier molecular flexibility index (Phi) is 5.34. The van der Waals surface area contributed by atoms with E-state index in [1.807, 2.05) is 13.8 Å². The number of aryl methyl sites for hydroxylation is 1. The van der Waals surface area contributed by atoms with Gasteiger partial charge in [0.15, 0.2) is 0 Å². The molecule has 1 aliphatic carbocycles. The Bertz CT molecular complexity index is 710. The Morgan fingerprint density at radius 1 is 1.26 bits per heavy atom. The molecular formula is C19H26N2OS. The van der Waals surface area contributed by atoms with Gasteiger partial charge in [-0.1, -0.05) is 26.2 Å². The highest BCUT2D eigenvalue weighted by atomic mass is 32.1. The average Bonchev–Trinajstić information content (AvgIpc) is 3.02. The molecule has 0 aliphatic heterocycles. The highest BCUT2D eigenvalue weighted by molar-refractivity contribution is 7.15. The molecule has 0 spiro atoms. The highest BCUT2D eigenvalue weighted by Gasteiger charge is 2.14. The molecule has 4 heteroatoms. The number of aromatic nitrogens is 1. The van der Waals surface area contributed by atoms with Crippen molar-refractivity contribution in [2.75, 3.05) is 0 Å². The molecule has 0 bridgehead atoms. The predicted octanol–water partition coefficient (Wildman–Crippen LogP) is 4.40. The summed E-state index contributed by atoms with van der Waals surface area (Å²) < 4.78 is 0. The third kappa shape index (κ3) is 3.93. The van der Waals surface area contributed by atoms with Crippen LogP contribution in [0.5, 0.6) is 0 Å². The summed E-state index contributed by atoms with van der Waals surface area (Å²) in [5.74, 6) is 0. The smallest absolute Gasteiger partial charge is 0.251 e. The maximum absolute atomic E-state index is 12.1. The summed E-state index contributed by atoms with van der Waals surface area (Å²) in [6.45, 7) is 4.94. The fourth-order valence-corrected chi connectivity index (χ4v) is 4.46. The third-order valence-corrected chi connectivity index (χ3v) is 5.84. The maximum atomic E-state index is 12.1. The van der Waals surface area contributed by atoms with E-state index in [2.05, 4.69) is 28.5 Å². The van der Waals surface area contributed by atoms with Crippen LogP contribution in [-0.4, -0.2) is 11.0 Å². The number of hydrogen-bond donors (Lipinski definition) is 2. The van der Waals surface area contributed by atoms with Crippen molar-refractivity contribution in [3.05, 3.63) is 44.7 Å². The third-order valence-electron chi connectivity index (χ3n) is 4.72. The topological polar surface area (TPSA) is 44.9 Å². The zero-order valence-electron chi connectivity index (χ0n) is 14.1. The summed E-state index contributed by atoms with van der Waals surface area (Å²) in [5, 5.41) is 3.70. The molecule has 0 atom stereocenters. The van der Waals surface area contributed by atoms with Gasteiger partial charge in [0.1, 0.15) is 0 Å². The van der Waals surface area contributed by atoms with Gasteiger partial charge < -0.3 is 10.3 Å². The molecule has 3 rings (SSSR count). The molecular weight excluding hydrogens is 304 g/mol. The van der Waals surface area contributed by atoms with Gasteiger partial charge in [-0.2, -0.15) is 0 Å². The van der Waals surface area contributed by atoms with Crippen molar-refractivity contribution in [2.24, 2.45) is 0 Å². The van der Waals surface area contributed by atoms with Crippen molar-refractivity contribution >= 4 is 11.3 Å². The van der Waals surface area contributed by atoms with E-state index in [1.54, 1.807) is 11.3 Å². The number of H-pyrrole nitrogens is 1. The van der Waals surface area contributed by atoms with Gasteiger partial charge in [-0.3, -0.25) is 4.79 Å². The Labute approximate surface area is 142 Å². The summed E-state index contributed by atoms with van der Waals surface area (Å²) >= 11 is 1.81. The van der Waals surface area contributed by atoms with E-state index in [4.69, 9.17) is 0 Å². The number of pyridine rings is 1. The van der Waals surface area contributed by atoms with E-state index in [9.17, 15) is 4.79 Å². The van der Waals surface area contributed by atoms with Gasteiger partial charge in [0.2, 0.25) is 0 Å². The molecule has 0 radical (unpaired) electrons. The SMILES string of the molecule is CCc1c(-c2ccc(CNC3CCCCC3)s2)cc(C)[nH]c1=O. The van der Waals surface area contributed by atoms with Crippen LogP contribution in [0, 0.1) is 6.92 Å². The van der Waals surface area contributed by atoms with Crippen LogP contribution in [0.3, 0.4) is 0 Å². The van der Waals surface area contributed by atoms with Gasteiger partial charge in [-0.05, 0) is 44.4 Å². The summed E-state index contributed by atoms with van der Waals surface area (Å²) in [4.78, 5) is 17.6. The molecule has 1 fully saturated rings. The first-order valence-electron chi connectivity index (χ1n) is 8.72. The van der Waals surface area contributed by atoms with E-state index in [1.165, 1.54) is 41.9 Å². The molecule has 2 heterocycles. The van der Waals surface area contributed by atoms with Crippen LogP contribution in [0.1, 0.15) is 55.2 Å². The van der Waals surface area contributed by atoms with Crippen molar-refractivity contribution in [1.29, 1.82) is 0 Å². The first-order chi connectivity index (χ1) is 11.2. The van der Waals surface area contributed by atoms with Crippen molar-refractivity contribution in [2.45, 2.75) is 65.0 Å². The van der Waals surface area contributed by atoms with Crippen molar-refractivity contribution < 1.29 is 0 Å². The molecule has 124 valence electrons. The lowest BCUT2D eigenvalue weighted by Crippen LogP contribution is -2.30. The minimum Gasteiger partial charge on any atom is -0.326 e. The van der Waals surface area contributed by atoms with Crippen LogP contribution in [0.25, 0.3) is 10.4 Å². The monoisotopic (exact) mass is 330 g/mol. The van der Waals surface area contributed by atoms with Crippen LogP contribution in [0.2, 0.25) is 0 Å². The van der Waals surface area contributed by atoms with Crippen LogP contribution < -0.4 is 10.9 Å². The van der Waals surface area contributed by atoms with Crippen LogP contribution >= 0.6 is 11.3 Å². The van der Waals surface area contributed by atoms with Crippen LogP contribution in [0.4, 0.5) is 0 Å². The summed E-state index contributed by atoms with van der Waals surface area (Å²) in [5.41, 5.74) is 2.97. The number of thiophene rings is 1. The van der Waals surface area contributed by atoms with E-state index < -0.39 is 0 Å². The Balaban J connectivity index is 1.75. The molecule has 0 aromatic carbocycles. The lowest BCUT2D eigenvalue weighted by atomic mass is 9.95.